The smallest absolute Gasteiger partial charge is 0.325 e. The highest BCUT2D eigenvalue weighted by atomic mass is 19.1. The highest BCUT2D eigenvalue weighted by molar-refractivity contribution is 6.06. The van der Waals surface area contributed by atoms with Gasteiger partial charge in [0.25, 0.3) is 5.91 Å². The molecule has 1 saturated heterocycles. The Hall–Kier alpha value is -1.99. The van der Waals surface area contributed by atoms with E-state index >= 15 is 0 Å². The molecule has 0 saturated carbocycles. The Balaban J connectivity index is 1.91. The average molecular weight is 379 g/mol. The number of nitrogens with one attached hydrogen (secondary N) is 1. The number of aliphatic hydroxyl groups is 1. The second-order valence-electron chi connectivity index (χ2n) is 8.09. The lowest BCUT2D eigenvalue weighted by atomic mass is 10.1. The van der Waals surface area contributed by atoms with Crippen LogP contribution in [0.2, 0.25) is 0 Å². The number of amides is 3. The van der Waals surface area contributed by atoms with E-state index in [1.54, 1.807) is 26.0 Å². The monoisotopic (exact) mass is 379 g/mol. The number of urea groups is 1. The largest absolute Gasteiger partial charge is 0.387 e. The summed E-state index contributed by atoms with van der Waals surface area (Å²) in [5.41, 5.74) is -0.186. The molecule has 7 heteroatoms. The summed E-state index contributed by atoms with van der Waals surface area (Å²) in [5.74, 6) is -0.142. The van der Waals surface area contributed by atoms with Gasteiger partial charge >= 0.3 is 6.03 Å². The number of rotatable bonds is 9. The predicted octanol–water partition coefficient (Wildman–Crippen LogP) is 2.54. The number of aliphatic hydroxyl groups excluding tert-OH is 1. The fraction of sp³-hybridized carbons (Fsp3) is 0.600. The van der Waals surface area contributed by atoms with Crippen molar-refractivity contribution in [2.75, 3.05) is 26.2 Å². The van der Waals surface area contributed by atoms with Crippen LogP contribution in [0.3, 0.4) is 0 Å². The average Bonchev–Trinajstić information content (AvgIpc) is 2.76. The van der Waals surface area contributed by atoms with Gasteiger partial charge in [0.2, 0.25) is 0 Å². The summed E-state index contributed by atoms with van der Waals surface area (Å²) in [6.45, 7) is 9.76. The Morgan fingerprint density at radius 3 is 2.33 bits per heavy atom. The molecule has 1 heterocycles. The Kier molecular flexibility index (Phi) is 6.95. The third-order valence-corrected chi connectivity index (χ3v) is 4.61. The van der Waals surface area contributed by atoms with Crippen LogP contribution in [0.1, 0.15) is 45.8 Å². The van der Waals surface area contributed by atoms with Crippen molar-refractivity contribution in [2.24, 2.45) is 5.92 Å². The van der Waals surface area contributed by atoms with Crippen LogP contribution in [0.25, 0.3) is 0 Å². The minimum Gasteiger partial charge on any atom is -0.387 e. The summed E-state index contributed by atoms with van der Waals surface area (Å²) in [5, 5.41) is 13.1. The zero-order valence-corrected chi connectivity index (χ0v) is 16.5. The van der Waals surface area contributed by atoms with Crippen LogP contribution in [0.4, 0.5) is 9.18 Å². The lowest BCUT2D eigenvalue weighted by molar-refractivity contribution is -0.130. The van der Waals surface area contributed by atoms with Crippen LogP contribution < -0.4 is 5.32 Å². The van der Waals surface area contributed by atoms with Gasteiger partial charge in [-0.15, -0.1) is 0 Å². The van der Waals surface area contributed by atoms with Gasteiger partial charge in [0.05, 0.1) is 6.10 Å². The Morgan fingerprint density at radius 1 is 1.19 bits per heavy atom. The first-order valence-electron chi connectivity index (χ1n) is 9.40. The molecular weight excluding hydrogens is 349 g/mol. The highest BCUT2D eigenvalue weighted by Gasteiger charge is 2.43. The number of benzene rings is 1. The van der Waals surface area contributed by atoms with Crippen molar-refractivity contribution in [2.45, 2.75) is 45.8 Å². The molecule has 1 unspecified atom stereocenters. The molecule has 0 aromatic heterocycles. The maximum absolute atomic E-state index is 13.1. The maximum atomic E-state index is 13.1. The fourth-order valence-corrected chi connectivity index (χ4v) is 3.28. The fourth-order valence-electron chi connectivity index (χ4n) is 3.28. The summed E-state index contributed by atoms with van der Waals surface area (Å²) < 4.78 is 13.1. The summed E-state index contributed by atoms with van der Waals surface area (Å²) in [7, 11) is 0. The Bertz CT molecular complexity index is 661. The van der Waals surface area contributed by atoms with Crippen LogP contribution in [0, 0.1) is 11.7 Å². The van der Waals surface area contributed by atoms with Gasteiger partial charge in [-0.1, -0.05) is 26.0 Å². The number of halogens is 1. The van der Waals surface area contributed by atoms with Crippen LogP contribution in [0.5, 0.6) is 0 Å². The van der Waals surface area contributed by atoms with Crippen molar-refractivity contribution in [3.05, 3.63) is 35.6 Å². The van der Waals surface area contributed by atoms with Crippen molar-refractivity contribution >= 4 is 11.9 Å². The van der Waals surface area contributed by atoms with E-state index in [-0.39, 0.29) is 17.8 Å². The van der Waals surface area contributed by atoms with Crippen molar-refractivity contribution in [3.8, 4) is 0 Å². The first-order valence-corrected chi connectivity index (χ1v) is 9.40. The van der Waals surface area contributed by atoms with Gasteiger partial charge in [-0.25, -0.2) is 9.18 Å². The SMILES string of the molecule is CC(C)CN(CCCN1C(=O)NC(C)(C)C1=O)CC(O)c1ccc(F)cc1. The van der Waals surface area contributed by atoms with Crippen molar-refractivity contribution in [3.63, 3.8) is 0 Å². The lowest BCUT2D eigenvalue weighted by Crippen LogP contribution is -2.40. The third-order valence-electron chi connectivity index (χ3n) is 4.61. The topological polar surface area (TPSA) is 72.9 Å². The van der Waals surface area contributed by atoms with E-state index in [1.165, 1.54) is 17.0 Å². The number of carbonyl (C=O) groups excluding carboxylic acids is 2. The molecule has 0 spiro atoms. The van der Waals surface area contributed by atoms with Crippen LogP contribution in [-0.2, 0) is 4.79 Å². The van der Waals surface area contributed by atoms with Crippen LogP contribution in [0.15, 0.2) is 24.3 Å². The van der Waals surface area contributed by atoms with E-state index in [1.807, 2.05) is 0 Å². The summed E-state index contributed by atoms with van der Waals surface area (Å²) in [4.78, 5) is 27.6. The normalized spacial score (nSPS) is 17.7. The van der Waals surface area contributed by atoms with Crippen LogP contribution in [-0.4, -0.2) is 58.6 Å². The second-order valence-corrected chi connectivity index (χ2v) is 8.09. The molecule has 1 aromatic carbocycles. The Morgan fingerprint density at radius 2 is 1.81 bits per heavy atom. The molecule has 1 aromatic rings. The number of nitrogens with zero attached hydrogens (tertiary/aromatic N) is 2. The van der Waals surface area contributed by atoms with Crippen LogP contribution >= 0.6 is 0 Å². The van der Waals surface area contributed by atoms with E-state index in [0.29, 0.717) is 37.5 Å². The third kappa shape index (κ3) is 5.74. The molecule has 2 rings (SSSR count). The Labute approximate surface area is 160 Å². The minimum absolute atomic E-state index is 0.214. The number of imide groups is 1. The molecule has 6 nitrogen and oxygen atoms in total. The number of hydrogen-bond acceptors (Lipinski definition) is 4. The molecule has 1 aliphatic heterocycles. The molecule has 150 valence electrons. The maximum Gasteiger partial charge on any atom is 0.325 e. The van der Waals surface area contributed by atoms with Crippen molar-refractivity contribution in [1.29, 1.82) is 0 Å². The molecule has 2 N–H and O–H groups in total. The lowest BCUT2D eigenvalue weighted by Gasteiger charge is -2.27. The van der Waals surface area contributed by atoms with Gasteiger partial charge in [0.1, 0.15) is 11.4 Å². The van der Waals surface area contributed by atoms with E-state index < -0.39 is 11.6 Å². The molecule has 27 heavy (non-hydrogen) atoms. The van der Waals surface area contributed by atoms with Gasteiger partial charge in [0.15, 0.2) is 0 Å². The molecule has 0 bridgehead atoms. The second kappa shape index (κ2) is 8.80. The van der Waals surface area contributed by atoms with Gasteiger partial charge in [-0.2, -0.15) is 0 Å². The van der Waals surface area contributed by atoms with Gasteiger partial charge < -0.3 is 15.3 Å². The molecule has 1 fully saturated rings. The molecule has 0 radical (unpaired) electrons. The first kappa shape index (κ1) is 21.3. The first-order chi connectivity index (χ1) is 12.6. The van der Waals surface area contributed by atoms with Crippen molar-refractivity contribution < 1.29 is 19.1 Å². The number of hydrogen-bond donors (Lipinski definition) is 2. The molecule has 0 aliphatic carbocycles. The molecule has 3 amide bonds. The molecular formula is C20H30FN3O3. The molecule has 1 atom stereocenters. The number of carbonyl (C=O) groups is 2. The zero-order valence-electron chi connectivity index (χ0n) is 16.5. The molecule has 1 aliphatic rings. The quantitative estimate of drug-likeness (QED) is 0.647. The zero-order chi connectivity index (χ0) is 20.2. The highest BCUT2D eigenvalue weighted by Crippen LogP contribution is 2.18. The minimum atomic E-state index is -0.854. The van der Waals surface area contributed by atoms with E-state index in [4.69, 9.17) is 0 Å². The van der Waals surface area contributed by atoms with E-state index in [0.717, 1.165) is 6.54 Å². The van der Waals surface area contributed by atoms with Crippen molar-refractivity contribution in [1.82, 2.24) is 15.1 Å². The standard InChI is InChI=1S/C20H30FN3O3/c1-14(2)12-23(13-17(25)15-6-8-16(21)9-7-15)10-5-11-24-18(26)20(3,4)22-19(24)27/h6-9,14,17,25H,5,10-13H2,1-4H3,(H,22,27). The van der Waals surface area contributed by atoms with E-state index in [9.17, 15) is 19.1 Å². The predicted molar refractivity (Wildman–Crippen MR) is 102 cm³/mol. The van der Waals surface area contributed by atoms with Gasteiger partial charge in [-0.05, 0) is 50.4 Å². The van der Waals surface area contributed by atoms with Gasteiger partial charge in [-0.3, -0.25) is 9.69 Å². The van der Waals surface area contributed by atoms with Gasteiger partial charge in [0, 0.05) is 19.6 Å². The summed E-state index contributed by atoms with van der Waals surface area (Å²) in [6, 6.07) is 5.49. The van der Waals surface area contributed by atoms with E-state index in [2.05, 4.69) is 24.1 Å². The summed E-state index contributed by atoms with van der Waals surface area (Å²) >= 11 is 0. The summed E-state index contributed by atoms with van der Waals surface area (Å²) in [6.07, 6.45) is -0.0991.